The fraction of sp³-hybridized carbons (Fsp3) is 0.923. The van der Waals surface area contributed by atoms with E-state index in [1.165, 1.54) is 0 Å². The zero-order chi connectivity index (χ0) is 19.1. The van der Waals surface area contributed by atoms with Crippen LogP contribution in [0.15, 0.2) is 5.29 Å². The first-order chi connectivity index (χ1) is 11.7. The first-order valence-electron chi connectivity index (χ1n) is 7.69. The van der Waals surface area contributed by atoms with Gasteiger partial charge in [0.05, 0.1) is 18.4 Å². The van der Waals surface area contributed by atoms with E-state index >= 15 is 0 Å². The van der Waals surface area contributed by atoms with Crippen molar-refractivity contribution in [2.24, 2.45) is 11.2 Å². The lowest BCUT2D eigenvalue weighted by atomic mass is 9.98. The standard InChI is InChI=1S/C13H24ClN3O8/c1-6(2)5-24-12-9(20)7(18)8(19)10(25-12)11(21)15-13(22)17(16-23)4-3-14/h6-12,18-21H,3-5H2,1-2H3,(H,15,22)/t7-,8-,9+,10-,11?,12+/m0/s1. The number of alkyl halides is 1. The van der Waals surface area contributed by atoms with Crippen molar-refractivity contribution in [2.75, 3.05) is 19.0 Å². The van der Waals surface area contributed by atoms with Crippen molar-refractivity contribution < 1.29 is 34.7 Å². The number of hydrogen-bond acceptors (Lipinski definition) is 9. The van der Waals surface area contributed by atoms with Gasteiger partial charge >= 0.3 is 6.03 Å². The number of rotatable bonds is 8. The summed E-state index contributed by atoms with van der Waals surface area (Å²) in [5, 5.41) is 44.7. The molecule has 1 aliphatic heterocycles. The summed E-state index contributed by atoms with van der Waals surface area (Å²) in [5.41, 5.74) is 0. The number of nitrogens with one attached hydrogen (secondary N) is 1. The van der Waals surface area contributed by atoms with Crippen molar-refractivity contribution in [3.05, 3.63) is 4.91 Å². The van der Waals surface area contributed by atoms with Gasteiger partial charge in [0.1, 0.15) is 24.4 Å². The normalized spacial score (nSPS) is 30.8. The highest BCUT2D eigenvalue weighted by atomic mass is 35.5. The molecule has 1 heterocycles. The summed E-state index contributed by atoms with van der Waals surface area (Å²) >= 11 is 5.42. The van der Waals surface area contributed by atoms with Crippen LogP contribution in [-0.4, -0.2) is 87.4 Å². The number of amides is 2. The monoisotopic (exact) mass is 385 g/mol. The first-order valence-corrected chi connectivity index (χ1v) is 8.23. The molecule has 0 aromatic heterocycles. The average Bonchev–Trinajstić information content (AvgIpc) is 2.56. The summed E-state index contributed by atoms with van der Waals surface area (Å²) in [6, 6.07) is -1.07. The van der Waals surface area contributed by atoms with E-state index in [0.29, 0.717) is 5.01 Å². The highest BCUT2D eigenvalue weighted by Gasteiger charge is 2.47. The van der Waals surface area contributed by atoms with Crippen molar-refractivity contribution in [3.63, 3.8) is 0 Å². The van der Waals surface area contributed by atoms with Crippen molar-refractivity contribution in [1.82, 2.24) is 10.3 Å². The highest BCUT2D eigenvalue weighted by molar-refractivity contribution is 6.18. The summed E-state index contributed by atoms with van der Waals surface area (Å²) < 4.78 is 10.6. The van der Waals surface area contributed by atoms with Gasteiger partial charge < -0.3 is 35.2 Å². The number of hydrogen-bond donors (Lipinski definition) is 5. The topological polar surface area (TPSA) is 161 Å². The predicted molar refractivity (Wildman–Crippen MR) is 85.2 cm³/mol. The molecule has 1 unspecified atom stereocenters. The quantitative estimate of drug-likeness (QED) is 0.149. The van der Waals surface area contributed by atoms with E-state index in [1.807, 2.05) is 19.2 Å². The molecule has 25 heavy (non-hydrogen) atoms. The summed E-state index contributed by atoms with van der Waals surface area (Å²) in [6.07, 6.45) is -9.57. The van der Waals surface area contributed by atoms with Crippen molar-refractivity contribution in [2.45, 2.75) is 50.8 Å². The second-order valence-corrected chi connectivity index (χ2v) is 6.33. The van der Waals surface area contributed by atoms with Crippen LogP contribution in [0.3, 0.4) is 0 Å². The number of aliphatic hydroxyl groups is 4. The minimum atomic E-state index is -1.81. The van der Waals surface area contributed by atoms with Gasteiger partial charge in [-0.15, -0.1) is 16.5 Å². The molecule has 12 heteroatoms. The molecule has 1 saturated heterocycles. The molecular weight excluding hydrogens is 362 g/mol. The second kappa shape index (κ2) is 10.2. The van der Waals surface area contributed by atoms with Crippen LogP contribution in [0.4, 0.5) is 4.79 Å². The lowest BCUT2D eigenvalue weighted by molar-refractivity contribution is -0.312. The number of urea groups is 1. The summed E-state index contributed by atoms with van der Waals surface area (Å²) in [4.78, 5) is 22.3. The number of carbonyl (C=O) groups excluding carboxylic acids is 1. The maximum atomic E-state index is 11.8. The molecule has 1 aliphatic rings. The third-order valence-electron chi connectivity index (χ3n) is 3.41. The number of ether oxygens (including phenoxy) is 2. The van der Waals surface area contributed by atoms with Crippen molar-refractivity contribution >= 4 is 17.6 Å². The molecular formula is C13H24ClN3O8. The molecule has 0 aliphatic carbocycles. The fourth-order valence-electron chi connectivity index (χ4n) is 2.10. The van der Waals surface area contributed by atoms with Crippen LogP contribution in [0.25, 0.3) is 0 Å². The summed E-state index contributed by atoms with van der Waals surface area (Å²) in [6.45, 7) is 3.70. The van der Waals surface area contributed by atoms with Gasteiger partial charge in [0.2, 0.25) is 0 Å². The average molecular weight is 386 g/mol. The maximum Gasteiger partial charge on any atom is 0.342 e. The summed E-state index contributed by atoms with van der Waals surface area (Å²) in [7, 11) is 0. The third kappa shape index (κ3) is 5.99. The molecule has 11 nitrogen and oxygen atoms in total. The number of carbonyl (C=O) groups is 1. The SMILES string of the molecule is CC(C)CO[C@@H]1O[C@H](C(O)NC(=O)N(CCCl)N=O)[C@@H](O)[C@H](O)[C@H]1O. The Morgan fingerprint density at radius 3 is 2.48 bits per heavy atom. The van der Waals surface area contributed by atoms with Gasteiger partial charge in [0, 0.05) is 5.88 Å². The minimum Gasteiger partial charge on any atom is -0.387 e. The number of nitroso groups, excluding NO2 is 1. The Labute approximate surface area is 149 Å². The van der Waals surface area contributed by atoms with Crippen LogP contribution >= 0.6 is 11.6 Å². The Kier molecular flexibility index (Phi) is 8.93. The molecule has 1 fully saturated rings. The Morgan fingerprint density at radius 2 is 1.96 bits per heavy atom. The predicted octanol–water partition coefficient (Wildman–Crippen LogP) is -1.28. The smallest absolute Gasteiger partial charge is 0.342 e. The Hall–Kier alpha value is -1.08. The third-order valence-corrected chi connectivity index (χ3v) is 3.58. The van der Waals surface area contributed by atoms with E-state index in [2.05, 4.69) is 5.29 Å². The molecule has 1 rings (SSSR count). The largest absolute Gasteiger partial charge is 0.387 e. The zero-order valence-corrected chi connectivity index (χ0v) is 14.6. The van der Waals surface area contributed by atoms with Crippen LogP contribution < -0.4 is 5.32 Å². The second-order valence-electron chi connectivity index (χ2n) is 5.96. The van der Waals surface area contributed by atoms with E-state index < -0.39 is 43.0 Å². The molecule has 0 spiro atoms. The lowest BCUT2D eigenvalue weighted by Crippen LogP contribution is -2.64. The molecule has 0 aromatic rings. The van der Waals surface area contributed by atoms with Gasteiger partial charge in [0.15, 0.2) is 12.5 Å². The van der Waals surface area contributed by atoms with Gasteiger partial charge in [-0.25, -0.2) is 4.79 Å². The van der Waals surface area contributed by atoms with Gasteiger partial charge in [-0.05, 0) is 5.92 Å². The number of aliphatic hydroxyl groups excluding tert-OH is 4. The van der Waals surface area contributed by atoms with Gasteiger partial charge in [-0.1, -0.05) is 13.8 Å². The first kappa shape index (κ1) is 22.0. The van der Waals surface area contributed by atoms with Gasteiger partial charge in [-0.3, -0.25) is 0 Å². The van der Waals surface area contributed by atoms with E-state index in [4.69, 9.17) is 21.1 Å². The highest BCUT2D eigenvalue weighted by Crippen LogP contribution is 2.24. The van der Waals surface area contributed by atoms with Crippen molar-refractivity contribution in [1.29, 1.82) is 0 Å². The Bertz CT molecular complexity index is 443. The lowest BCUT2D eigenvalue weighted by Gasteiger charge is -2.42. The van der Waals surface area contributed by atoms with Crippen molar-refractivity contribution in [3.8, 4) is 0 Å². The molecule has 6 atom stereocenters. The van der Waals surface area contributed by atoms with Gasteiger partial charge in [-0.2, -0.15) is 5.01 Å². The number of halogens is 1. The number of nitrogens with zero attached hydrogens (tertiary/aromatic N) is 2. The van der Waals surface area contributed by atoms with Gasteiger partial charge in [0.25, 0.3) is 0 Å². The van der Waals surface area contributed by atoms with Crippen LogP contribution in [-0.2, 0) is 9.47 Å². The Balaban J connectivity index is 2.75. The summed E-state index contributed by atoms with van der Waals surface area (Å²) in [5.74, 6) is 0.0408. The van der Waals surface area contributed by atoms with Crippen LogP contribution in [0.5, 0.6) is 0 Å². The van der Waals surface area contributed by atoms with E-state index in [0.717, 1.165) is 0 Å². The van der Waals surface area contributed by atoms with Crippen LogP contribution in [0, 0.1) is 10.8 Å². The zero-order valence-electron chi connectivity index (χ0n) is 13.9. The van der Waals surface area contributed by atoms with E-state index in [9.17, 15) is 30.1 Å². The molecule has 2 amide bonds. The Morgan fingerprint density at radius 1 is 1.32 bits per heavy atom. The molecule has 5 N–H and O–H groups in total. The van der Waals surface area contributed by atoms with Crippen LogP contribution in [0.1, 0.15) is 13.8 Å². The molecule has 0 bridgehead atoms. The molecule has 0 aromatic carbocycles. The molecule has 0 saturated carbocycles. The maximum absolute atomic E-state index is 11.8. The van der Waals surface area contributed by atoms with E-state index in [1.54, 1.807) is 0 Å². The molecule has 0 radical (unpaired) electrons. The van der Waals surface area contributed by atoms with Crippen LogP contribution in [0.2, 0.25) is 0 Å². The van der Waals surface area contributed by atoms with E-state index in [-0.39, 0.29) is 24.9 Å². The fourth-order valence-corrected chi connectivity index (χ4v) is 2.26. The minimum absolute atomic E-state index is 0.0617. The molecule has 146 valence electrons.